The molecule has 3 aromatic rings. The summed E-state index contributed by atoms with van der Waals surface area (Å²) in [6, 6.07) is 15.7. The number of hydrogen-bond acceptors (Lipinski definition) is 11. The minimum Gasteiger partial charge on any atom is -0.481 e. The van der Waals surface area contributed by atoms with Crippen LogP contribution < -0.4 is 24.8 Å². The Bertz CT molecular complexity index is 2130. The van der Waals surface area contributed by atoms with E-state index in [2.05, 4.69) is 25.3 Å². The van der Waals surface area contributed by atoms with E-state index in [1.807, 2.05) is 36.4 Å². The summed E-state index contributed by atoms with van der Waals surface area (Å²) in [5, 5.41) is 5.44. The van der Waals surface area contributed by atoms with E-state index in [1.165, 1.54) is 25.3 Å². The number of carbonyl (C=O) groups excluding carboxylic acids is 4. The van der Waals surface area contributed by atoms with Crippen molar-refractivity contribution in [3.8, 4) is 23.1 Å². The molecule has 2 heterocycles. The van der Waals surface area contributed by atoms with Crippen molar-refractivity contribution in [3.05, 3.63) is 102 Å². The second-order valence-electron chi connectivity index (χ2n) is 14.7. The number of para-hydroxylation sites is 1. The Hall–Kier alpha value is -5.83. The van der Waals surface area contributed by atoms with Gasteiger partial charge in [-0.1, -0.05) is 73.5 Å². The van der Waals surface area contributed by atoms with Crippen molar-refractivity contribution in [1.29, 1.82) is 0 Å². The van der Waals surface area contributed by atoms with E-state index in [-0.39, 0.29) is 42.1 Å². The molecule has 0 radical (unpaired) electrons. The molecule has 57 heavy (non-hydrogen) atoms. The van der Waals surface area contributed by atoms with E-state index in [4.69, 9.17) is 14.2 Å². The van der Waals surface area contributed by atoms with Crippen molar-refractivity contribution in [2.75, 3.05) is 18.2 Å². The first kappa shape index (κ1) is 42.3. The molecule has 0 saturated heterocycles. The Kier molecular flexibility index (Phi) is 14.4. The van der Waals surface area contributed by atoms with Crippen LogP contribution in [-0.4, -0.2) is 66.6 Å². The fraction of sp³-hybridized carbons (Fsp3) is 0.381. The topological polar surface area (TPSA) is 192 Å². The highest BCUT2D eigenvalue weighted by molar-refractivity contribution is 7.90. The second-order valence-corrected chi connectivity index (χ2v) is 16.5. The number of Topliss-reactive ketones (excluding diaryl/α,β-unsaturated/α-hetero) is 1. The molecule has 3 atom stereocenters. The summed E-state index contributed by atoms with van der Waals surface area (Å²) in [6.07, 6.45) is 11.2. The Morgan fingerprint density at radius 3 is 2.35 bits per heavy atom. The summed E-state index contributed by atoms with van der Waals surface area (Å²) in [5.74, 6) is -3.32. The van der Waals surface area contributed by atoms with Crippen LogP contribution in [0.25, 0.3) is 11.4 Å². The SMILES string of the molecule is COc1cc(OC2=CCC(C3C(=O)Nc4ccccc4C(=O)NS(=O)(=O)CC/C=C/CCCCC[C@H](NC(=O)OC(C)(C)C)C3=O)C=C2)nc(-c2ccccc2)n1. The molecule has 5 rings (SSSR count). The van der Waals surface area contributed by atoms with E-state index in [0.717, 1.165) is 12.0 Å². The van der Waals surface area contributed by atoms with E-state index in [9.17, 15) is 27.6 Å². The van der Waals surface area contributed by atoms with Gasteiger partial charge in [0.25, 0.3) is 5.91 Å². The first-order chi connectivity index (χ1) is 27.2. The fourth-order valence-corrected chi connectivity index (χ4v) is 7.26. The summed E-state index contributed by atoms with van der Waals surface area (Å²) >= 11 is 0. The predicted octanol–water partition coefficient (Wildman–Crippen LogP) is 6.68. The zero-order valence-electron chi connectivity index (χ0n) is 32.5. The molecule has 0 saturated carbocycles. The molecule has 1 aliphatic heterocycles. The molecule has 2 unspecified atom stereocenters. The molecular weight excluding hydrogens is 751 g/mol. The van der Waals surface area contributed by atoms with Crippen LogP contribution in [0.5, 0.6) is 11.8 Å². The number of nitrogens with zero attached hydrogens (tertiary/aromatic N) is 2. The number of sulfonamides is 1. The summed E-state index contributed by atoms with van der Waals surface area (Å²) in [7, 11) is -2.51. The van der Waals surface area contributed by atoms with Crippen LogP contribution in [0.15, 0.2) is 96.8 Å². The molecule has 1 aromatic heterocycles. The Morgan fingerprint density at radius 2 is 1.63 bits per heavy atom. The lowest BCUT2D eigenvalue weighted by atomic mass is 9.80. The van der Waals surface area contributed by atoms with Crippen LogP contribution in [-0.2, 0) is 24.3 Å². The number of aromatic nitrogens is 2. The van der Waals surface area contributed by atoms with Gasteiger partial charge in [-0.05, 0) is 83.1 Å². The number of amides is 3. The van der Waals surface area contributed by atoms with Crippen molar-refractivity contribution < 1.29 is 41.8 Å². The van der Waals surface area contributed by atoms with E-state index in [0.29, 0.717) is 36.7 Å². The standard InChI is InChI=1S/C42H49N5O9S/c1-42(2,3)56-41(51)44-33-21-13-8-6-5-7-9-16-26-57(52,53)47-39(49)31-19-14-15-20-32(31)43-40(50)36(37(33)48)28-22-24-30(25-23-28)55-35-27-34(54-4)45-38(46-35)29-17-11-10-12-18-29/h7,9-12,14-15,17-20,22,24-25,27-28,33,36H,5-6,8,13,16,21,23,26H2,1-4H3,(H,43,50)(H,44,51)(H,47,49)/b9-7+/t28?,33-,36?/m0/s1. The molecule has 0 spiro atoms. The van der Waals surface area contributed by atoms with Crippen LogP contribution in [0.3, 0.4) is 0 Å². The van der Waals surface area contributed by atoms with Crippen molar-refractivity contribution >= 4 is 39.4 Å². The molecule has 0 fully saturated rings. The third kappa shape index (κ3) is 12.6. The predicted molar refractivity (Wildman–Crippen MR) is 215 cm³/mol. The number of carbonyl (C=O) groups is 4. The first-order valence-corrected chi connectivity index (χ1v) is 20.5. The van der Waals surface area contributed by atoms with Gasteiger partial charge >= 0.3 is 6.09 Å². The van der Waals surface area contributed by atoms with Crippen LogP contribution in [0.2, 0.25) is 0 Å². The van der Waals surface area contributed by atoms with Gasteiger partial charge in [0.05, 0.1) is 36.2 Å². The number of rotatable bonds is 6. The zero-order valence-corrected chi connectivity index (χ0v) is 33.3. The Morgan fingerprint density at radius 1 is 0.912 bits per heavy atom. The Labute approximate surface area is 333 Å². The normalized spacial score (nSPS) is 21.5. The number of anilines is 1. The molecule has 3 N–H and O–H groups in total. The molecule has 3 amide bonds. The van der Waals surface area contributed by atoms with Crippen molar-refractivity contribution in [1.82, 2.24) is 20.0 Å². The lowest BCUT2D eigenvalue weighted by Gasteiger charge is -2.29. The van der Waals surface area contributed by atoms with Gasteiger partial charge < -0.3 is 24.8 Å². The van der Waals surface area contributed by atoms with E-state index in [1.54, 1.807) is 57.2 Å². The summed E-state index contributed by atoms with van der Waals surface area (Å²) in [5.41, 5.74) is -0.186. The second kappa shape index (κ2) is 19.4. The molecule has 14 nitrogen and oxygen atoms in total. The minimum atomic E-state index is -4.00. The third-order valence-corrected chi connectivity index (χ3v) is 10.3. The number of hydrogen-bond donors (Lipinski definition) is 3. The number of nitrogens with one attached hydrogen (secondary N) is 3. The van der Waals surface area contributed by atoms with Gasteiger partial charge in [-0.25, -0.2) is 17.9 Å². The maximum atomic E-state index is 14.7. The third-order valence-electron chi connectivity index (χ3n) is 9.05. The number of fused-ring (bicyclic) bond motifs is 1. The largest absolute Gasteiger partial charge is 0.481 e. The Balaban J connectivity index is 1.46. The lowest BCUT2D eigenvalue weighted by Crippen LogP contribution is -2.49. The average molecular weight is 800 g/mol. The zero-order chi connectivity index (χ0) is 41.0. The summed E-state index contributed by atoms with van der Waals surface area (Å²) in [6.45, 7) is 5.13. The van der Waals surface area contributed by atoms with Gasteiger partial charge in [0.2, 0.25) is 27.7 Å². The summed E-state index contributed by atoms with van der Waals surface area (Å²) < 4.78 is 44.7. The molecule has 1 aliphatic carbocycles. The first-order valence-electron chi connectivity index (χ1n) is 18.9. The van der Waals surface area contributed by atoms with Crippen molar-refractivity contribution in [2.24, 2.45) is 11.8 Å². The van der Waals surface area contributed by atoms with Crippen LogP contribution in [0, 0.1) is 11.8 Å². The molecular formula is C42H49N5O9S. The van der Waals surface area contributed by atoms with Gasteiger partial charge in [-0.15, -0.1) is 0 Å². The number of alkyl carbamates (subject to hydrolysis) is 1. The highest BCUT2D eigenvalue weighted by Gasteiger charge is 2.39. The highest BCUT2D eigenvalue weighted by atomic mass is 32.2. The van der Waals surface area contributed by atoms with Gasteiger partial charge in [0.15, 0.2) is 11.6 Å². The lowest BCUT2D eigenvalue weighted by molar-refractivity contribution is -0.134. The molecule has 302 valence electrons. The monoisotopic (exact) mass is 799 g/mol. The molecule has 2 aliphatic rings. The number of allylic oxidation sites excluding steroid dienone is 5. The average Bonchev–Trinajstić information content (AvgIpc) is 3.16. The maximum Gasteiger partial charge on any atom is 0.408 e. The molecule has 15 heteroatoms. The fourth-order valence-electron chi connectivity index (χ4n) is 6.32. The van der Waals surface area contributed by atoms with Crippen LogP contribution in [0.4, 0.5) is 10.5 Å². The van der Waals surface area contributed by atoms with Gasteiger partial charge in [-0.2, -0.15) is 9.97 Å². The number of ether oxygens (including phenoxy) is 3. The molecule has 0 bridgehead atoms. The van der Waals surface area contributed by atoms with Gasteiger partial charge in [-0.3, -0.25) is 14.4 Å². The smallest absolute Gasteiger partial charge is 0.408 e. The summed E-state index contributed by atoms with van der Waals surface area (Å²) in [4.78, 5) is 64.4. The highest BCUT2D eigenvalue weighted by Crippen LogP contribution is 2.31. The van der Waals surface area contributed by atoms with Gasteiger partial charge in [0, 0.05) is 5.56 Å². The number of ketones is 1. The van der Waals surface area contributed by atoms with Crippen LogP contribution in [0.1, 0.15) is 76.1 Å². The van der Waals surface area contributed by atoms with Crippen LogP contribution >= 0.6 is 0 Å². The van der Waals surface area contributed by atoms with Crippen molar-refractivity contribution in [3.63, 3.8) is 0 Å². The number of benzene rings is 2. The maximum absolute atomic E-state index is 14.7. The minimum absolute atomic E-state index is 0.00810. The quantitative estimate of drug-likeness (QED) is 0.178. The van der Waals surface area contributed by atoms with Gasteiger partial charge in [0.1, 0.15) is 17.3 Å². The molecule has 2 aromatic carbocycles. The van der Waals surface area contributed by atoms with E-state index < -0.39 is 57.2 Å². The van der Waals surface area contributed by atoms with E-state index >= 15 is 0 Å². The van der Waals surface area contributed by atoms with Crippen molar-refractivity contribution in [2.45, 2.75) is 77.4 Å². The number of methoxy groups -OCH3 is 1.